The smallest absolute Gasteiger partial charge is 0.185 e. The van der Waals surface area contributed by atoms with Crippen LogP contribution in [0.25, 0.3) is 0 Å². The van der Waals surface area contributed by atoms with Crippen LogP contribution in [0.4, 0.5) is 0 Å². The summed E-state index contributed by atoms with van der Waals surface area (Å²) in [6, 6.07) is 0. The van der Waals surface area contributed by atoms with Crippen LogP contribution >= 0.6 is 0 Å². The molecule has 1 aliphatic rings. The number of carbonyl (C=O) groups excluding carboxylic acids is 2. The number of allylic oxidation sites excluding steroid dienone is 4. The van der Waals surface area contributed by atoms with Crippen molar-refractivity contribution in [1.29, 1.82) is 0 Å². The molecule has 1 rings (SSSR count). The van der Waals surface area contributed by atoms with Crippen molar-refractivity contribution < 1.29 is 9.59 Å². The van der Waals surface area contributed by atoms with Crippen LogP contribution in [-0.2, 0) is 9.59 Å². The monoisotopic (exact) mass is 178 g/mol. The minimum Gasteiger partial charge on any atom is -0.290 e. The van der Waals surface area contributed by atoms with Crippen molar-refractivity contribution in [3.05, 3.63) is 23.3 Å². The maximum atomic E-state index is 11.6. The van der Waals surface area contributed by atoms with Gasteiger partial charge in [-0.2, -0.15) is 0 Å². The Morgan fingerprint density at radius 3 is 2.08 bits per heavy atom. The summed E-state index contributed by atoms with van der Waals surface area (Å²) in [6.07, 6.45) is 2.83. The summed E-state index contributed by atoms with van der Waals surface area (Å²) in [5, 5.41) is 0. The molecular formula is C11H14O2. The number of rotatable bonds is 0. The highest BCUT2D eigenvalue weighted by molar-refractivity contribution is 6.20. The lowest BCUT2D eigenvalue weighted by molar-refractivity contribution is -0.116. The summed E-state index contributed by atoms with van der Waals surface area (Å²) in [4.78, 5) is 22.8. The summed E-state index contributed by atoms with van der Waals surface area (Å²) in [5.74, 6) is -0.0888. The highest BCUT2D eigenvalue weighted by atomic mass is 16.1. The van der Waals surface area contributed by atoms with E-state index in [0.717, 1.165) is 0 Å². The molecule has 0 heterocycles. The van der Waals surface area contributed by atoms with Crippen molar-refractivity contribution >= 4 is 11.6 Å². The van der Waals surface area contributed by atoms with E-state index in [4.69, 9.17) is 0 Å². The molecule has 0 fully saturated rings. The molecule has 0 aliphatic heterocycles. The second-order valence-electron chi connectivity index (χ2n) is 4.37. The Balaban J connectivity index is 3.14. The first-order valence-corrected chi connectivity index (χ1v) is 4.31. The number of hydrogen-bond acceptors (Lipinski definition) is 2. The van der Waals surface area contributed by atoms with E-state index in [2.05, 4.69) is 0 Å². The second kappa shape index (κ2) is 2.95. The van der Waals surface area contributed by atoms with Crippen LogP contribution in [0.5, 0.6) is 0 Å². The zero-order chi connectivity index (χ0) is 10.2. The standard InChI is InChI=1S/C11H14O2/c1-7-5-8(12)6-9(10(7)13)11(2,3)4/h5-6H,1-4H3. The molecule has 0 spiro atoms. The molecule has 0 amide bonds. The van der Waals surface area contributed by atoms with E-state index in [1.54, 1.807) is 6.92 Å². The molecule has 13 heavy (non-hydrogen) atoms. The Morgan fingerprint density at radius 2 is 1.62 bits per heavy atom. The minimum atomic E-state index is -0.248. The van der Waals surface area contributed by atoms with Crippen molar-refractivity contribution in [3.63, 3.8) is 0 Å². The number of hydrogen-bond donors (Lipinski definition) is 0. The van der Waals surface area contributed by atoms with Crippen molar-refractivity contribution in [2.24, 2.45) is 5.41 Å². The predicted octanol–water partition coefficient (Wildman–Crippen LogP) is 2.06. The van der Waals surface area contributed by atoms with Gasteiger partial charge in [-0.05, 0) is 24.5 Å². The average molecular weight is 178 g/mol. The Morgan fingerprint density at radius 1 is 1.08 bits per heavy atom. The van der Waals surface area contributed by atoms with Crippen LogP contribution in [0.3, 0.4) is 0 Å². The second-order valence-corrected chi connectivity index (χ2v) is 4.37. The lowest BCUT2D eigenvalue weighted by Gasteiger charge is -2.23. The van der Waals surface area contributed by atoms with E-state index in [1.165, 1.54) is 12.2 Å². The largest absolute Gasteiger partial charge is 0.290 e. The fourth-order valence-electron chi connectivity index (χ4n) is 1.30. The molecule has 2 nitrogen and oxygen atoms in total. The lowest BCUT2D eigenvalue weighted by Crippen LogP contribution is -2.23. The summed E-state index contributed by atoms with van der Waals surface area (Å²) < 4.78 is 0. The van der Waals surface area contributed by atoms with Crippen molar-refractivity contribution in [1.82, 2.24) is 0 Å². The molecule has 0 atom stereocenters. The third-order valence-electron chi connectivity index (χ3n) is 2.06. The van der Waals surface area contributed by atoms with Crippen LogP contribution in [0.2, 0.25) is 0 Å². The van der Waals surface area contributed by atoms with E-state index in [1.807, 2.05) is 20.8 Å². The normalized spacial score (nSPS) is 18.5. The van der Waals surface area contributed by atoms with E-state index in [-0.39, 0.29) is 17.0 Å². The SMILES string of the molecule is CC1=CC(=O)C=C(C(C)(C)C)C1=O. The van der Waals surface area contributed by atoms with E-state index >= 15 is 0 Å². The van der Waals surface area contributed by atoms with Gasteiger partial charge < -0.3 is 0 Å². The molecule has 0 aromatic heterocycles. The molecule has 0 N–H and O–H groups in total. The predicted molar refractivity (Wildman–Crippen MR) is 51.3 cm³/mol. The number of carbonyl (C=O) groups is 2. The first-order valence-electron chi connectivity index (χ1n) is 4.31. The molecular weight excluding hydrogens is 164 g/mol. The van der Waals surface area contributed by atoms with E-state index in [0.29, 0.717) is 11.1 Å². The molecule has 0 radical (unpaired) electrons. The van der Waals surface area contributed by atoms with Crippen LogP contribution in [0.15, 0.2) is 23.3 Å². The fourth-order valence-corrected chi connectivity index (χ4v) is 1.30. The Bertz CT molecular complexity index is 324. The van der Waals surface area contributed by atoms with Gasteiger partial charge in [0.25, 0.3) is 0 Å². The molecule has 0 aromatic carbocycles. The maximum absolute atomic E-state index is 11.6. The van der Waals surface area contributed by atoms with Gasteiger partial charge in [0.1, 0.15) is 0 Å². The highest BCUT2D eigenvalue weighted by Crippen LogP contribution is 2.29. The third-order valence-corrected chi connectivity index (χ3v) is 2.06. The zero-order valence-corrected chi connectivity index (χ0v) is 8.47. The first-order chi connectivity index (χ1) is 5.82. The molecule has 0 aromatic rings. The molecule has 1 aliphatic carbocycles. The van der Waals surface area contributed by atoms with Crippen LogP contribution < -0.4 is 0 Å². The number of Topliss-reactive ketones (excluding diaryl/α,β-unsaturated/α-hetero) is 1. The van der Waals surface area contributed by atoms with E-state index in [9.17, 15) is 9.59 Å². The van der Waals surface area contributed by atoms with Crippen molar-refractivity contribution in [3.8, 4) is 0 Å². The average Bonchev–Trinajstić information content (AvgIpc) is 1.94. The van der Waals surface area contributed by atoms with E-state index < -0.39 is 0 Å². The minimum absolute atomic E-state index is 0.00731. The summed E-state index contributed by atoms with van der Waals surface area (Å²) in [7, 11) is 0. The third kappa shape index (κ3) is 1.94. The summed E-state index contributed by atoms with van der Waals surface area (Å²) in [5.41, 5.74) is 0.900. The quantitative estimate of drug-likeness (QED) is 0.532. The van der Waals surface area contributed by atoms with Gasteiger partial charge in [0.05, 0.1) is 0 Å². The topological polar surface area (TPSA) is 34.1 Å². The lowest BCUT2D eigenvalue weighted by atomic mass is 9.79. The molecule has 0 unspecified atom stereocenters. The summed E-state index contributed by atoms with van der Waals surface area (Å²) >= 11 is 0. The zero-order valence-electron chi connectivity index (χ0n) is 8.47. The van der Waals surface area contributed by atoms with Gasteiger partial charge in [-0.1, -0.05) is 20.8 Å². The van der Waals surface area contributed by atoms with Crippen LogP contribution in [0, 0.1) is 5.41 Å². The Hall–Kier alpha value is -1.18. The Kier molecular flexibility index (Phi) is 2.24. The molecule has 2 heteroatoms. The van der Waals surface area contributed by atoms with Gasteiger partial charge >= 0.3 is 0 Å². The molecule has 70 valence electrons. The van der Waals surface area contributed by atoms with Gasteiger partial charge in [0.2, 0.25) is 0 Å². The van der Waals surface area contributed by atoms with Gasteiger partial charge in [0.15, 0.2) is 11.6 Å². The molecule has 0 saturated carbocycles. The number of ketones is 2. The van der Waals surface area contributed by atoms with Gasteiger partial charge in [-0.25, -0.2) is 0 Å². The first kappa shape index (κ1) is 9.90. The Labute approximate surface area is 78.3 Å². The van der Waals surface area contributed by atoms with Crippen molar-refractivity contribution in [2.75, 3.05) is 0 Å². The maximum Gasteiger partial charge on any atom is 0.185 e. The van der Waals surface area contributed by atoms with Gasteiger partial charge in [-0.3, -0.25) is 9.59 Å². The van der Waals surface area contributed by atoms with Gasteiger partial charge in [0, 0.05) is 11.1 Å². The van der Waals surface area contributed by atoms with Gasteiger partial charge in [-0.15, -0.1) is 0 Å². The fraction of sp³-hybridized carbons (Fsp3) is 0.455. The van der Waals surface area contributed by atoms with Crippen molar-refractivity contribution in [2.45, 2.75) is 27.7 Å². The highest BCUT2D eigenvalue weighted by Gasteiger charge is 2.27. The summed E-state index contributed by atoms with van der Waals surface area (Å²) in [6.45, 7) is 7.48. The van der Waals surface area contributed by atoms with Crippen LogP contribution in [0.1, 0.15) is 27.7 Å². The molecule has 0 bridgehead atoms. The van der Waals surface area contributed by atoms with Crippen LogP contribution in [-0.4, -0.2) is 11.6 Å². The molecule has 0 saturated heterocycles.